The topological polar surface area (TPSA) is 84.7 Å². The van der Waals surface area contributed by atoms with Gasteiger partial charge in [-0.2, -0.15) is 0 Å². The van der Waals surface area contributed by atoms with Crippen molar-refractivity contribution in [2.45, 2.75) is 4.90 Å². The molecule has 1 aliphatic heterocycles. The van der Waals surface area contributed by atoms with Crippen LogP contribution in [0.5, 0.6) is 5.75 Å². The molecule has 1 amide bonds. The molecule has 0 saturated heterocycles. The van der Waals surface area contributed by atoms with E-state index in [4.69, 9.17) is 4.74 Å². The first kappa shape index (κ1) is 17.1. The number of nitrogens with one attached hydrogen (secondary N) is 1. The number of fused-ring (bicyclic) bond motifs is 1. The summed E-state index contributed by atoms with van der Waals surface area (Å²) >= 11 is 1.42. The SMILES string of the molecule is CSc1ccc([N+](=O)[O-])c(C(=O)Nc2ccc3c(c2)OCCN3C)c1. The maximum absolute atomic E-state index is 12.6. The number of anilines is 2. The van der Waals surface area contributed by atoms with E-state index in [1.165, 1.54) is 23.9 Å². The highest BCUT2D eigenvalue weighted by Crippen LogP contribution is 2.33. The summed E-state index contributed by atoms with van der Waals surface area (Å²) in [4.78, 5) is 26.1. The third-order valence-corrected chi connectivity index (χ3v) is 4.68. The molecule has 1 aliphatic rings. The van der Waals surface area contributed by atoms with Crippen LogP contribution in [0.25, 0.3) is 0 Å². The second-order valence-corrected chi connectivity index (χ2v) is 6.43. The van der Waals surface area contributed by atoms with Crippen LogP contribution < -0.4 is 15.0 Å². The van der Waals surface area contributed by atoms with Crippen LogP contribution in [-0.4, -0.2) is 37.3 Å². The lowest BCUT2D eigenvalue weighted by molar-refractivity contribution is -0.385. The number of carbonyl (C=O) groups is 1. The van der Waals surface area contributed by atoms with Gasteiger partial charge in [-0.05, 0) is 30.5 Å². The highest BCUT2D eigenvalue weighted by atomic mass is 32.2. The molecule has 1 heterocycles. The number of nitro benzene ring substituents is 1. The Morgan fingerprint density at radius 3 is 2.84 bits per heavy atom. The van der Waals surface area contributed by atoms with Crippen LogP contribution in [0.15, 0.2) is 41.3 Å². The predicted molar refractivity (Wildman–Crippen MR) is 98.0 cm³/mol. The van der Waals surface area contributed by atoms with Crippen LogP contribution >= 0.6 is 11.8 Å². The molecule has 3 rings (SSSR count). The van der Waals surface area contributed by atoms with E-state index in [1.807, 2.05) is 19.4 Å². The van der Waals surface area contributed by atoms with Crippen LogP contribution in [0.4, 0.5) is 17.1 Å². The van der Waals surface area contributed by atoms with Gasteiger partial charge in [0.1, 0.15) is 17.9 Å². The number of amides is 1. The molecule has 0 bridgehead atoms. The Bertz CT molecular complexity index is 841. The smallest absolute Gasteiger partial charge is 0.282 e. The van der Waals surface area contributed by atoms with Crippen LogP contribution in [0, 0.1) is 10.1 Å². The van der Waals surface area contributed by atoms with Crippen molar-refractivity contribution in [3.05, 3.63) is 52.1 Å². The van der Waals surface area contributed by atoms with E-state index in [1.54, 1.807) is 18.2 Å². The molecule has 0 aromatic heterocycles. The lowest BCUT2D eigenvalue weighted by Crippen LogP contribution is -2.28. The van der Waals surface area contributed by atoms with Crippen molar-refractivity contribution >= 4 is 34.7 Å². The van der Waals surface area contributed by atoms with E-state index in [-0.39, 0.29) is 11.3 Å². The zero-order valence-electron chi connectivity index (χ0n) is 13.8. The number of likely N-dealkylation sites (N-methyl/N-ethyl adjacent to an activating group) is 1. The van der Waals surface area contributed by atoms with Gasteiger partial charge in [0.2, 0.25) is 0 Å². The van der Waals surface area contributed by atoms with Crippen LogP contribution in [-0.2, 0) is 0 Å². The van der Waals surface area contributed by atoms with Gasteiger partial charge in [0.15, 0.2) is 0 Å². The van der Waals surface area contributed by atoms with Gasteiger partial charge >= 0.3 is 0 Å². The van der Waals surface area contributed by atoms with Crippen LogP contribution in [0.2, 0.25) is 0 Å². The predicted octanol–water partition coefficient (Wildman–Crippen LogP) is 3.40. The monoisotopic (exact) mass is 359 g/mol. The van der Waals surface area contributed by atoms with E-state index in [0.29, 0.717) is 18.0 Å². The average Bonchev–Trinajstić information content (AvgIpc) is 2.61. The normalized spacial score (nSPS) is 13.0. The fourth-order valence-corrected chi connectivity index (χ4v) is 3.06. The molecular weight excluding hydrogens is 342 g/mol. The molecule has 0 spiro atoms. The van der Waals surface area contributed by atoms with Gasteiger partial charge in [0.05, 0.1) is 17.2 Å². The minimum atomic E-state index is -0.552. The van der Waals surface area contributed by atoms with Crippen molar-refractivity contribution in [3.8, 4) is 5.75 Å². The first-order valence-corrected chi connectivity index (χ1v) is 8.84. The maximum atomic E-state index is 12.6. The molecule has 0 radical (unpaired) electrons. The molecule has 25 heavy (non-hydrogen) atoms. The van der Waals surface area contributed by atoms with Gasteiger partial charge in [0.25, 0.3) is 11.6 Å². The highest BCUT2D eigenvalue weighted by molar-refractivity contribution is 7.98. The summed E-state index contributed by atoms with van der Waals surface area (Å²) in [6, 6.07) is 9.85. The van der Waals surface area contributed by atoms with Crippen LogP contribution in [0.3, 0.4) is 0 Å². The summed E-state index contributed by atoms with van der Waals surface area (Å²) in [7, 11) is 1.97. The molecule has 0 unspecified atom stereocenters. The summed E-state index contributed by atoms with van der Waals surface area (Å²) in [6.07, 6.45) is 1.85. The third kappa shape index (κ3) is 3.53. The molecule has 2 aromatic rings. The number of thioether (sulfide) groups is 1. The molecular formula is C17H17N3O4S. The molecule has 0 aliphatic carbocycles. The molecule has 0 fully saturated rings. The van der Waals surface area contributed by atoms with Crippen molar-refractivity contribution < 1.29 is 14.5 Å². The molecule has 8 heteroatoms. The van der Waals surface area contributed by atoms with E-state index in [2.05, 4.69) is 10.2 Å². The molecule has 0 saturated carbocycles. The number of benzene rings is 2. The van der Waals surface area contributed by atoms with E-state index in [0.717, 1.165) is 17.1 Å². The van der Waals surface area contributed by atoms with Gasteiger partial charge in [-0.25, -0.2) is 0 Å². The zero-order chi connectivity index (χ0) is 18.0. The summed E-state index contributed by atoms with van der Waals surface area (Å²) < 4.78 is 5.62. The lowest BCUT2D eigenvalue weighted by Gasteiger charge is -2.27. The van der Waals surface area contributed by atoms with E-state index >= 15 is 0 Å². The van der Waals surface area contributed by atoms with Gasteiger partial charge in [-0.15, -0.1) is 11.8 Å². The Morgan fingerprint density at radius 2 is 2.12 bits per heavy atom. The Labute approximate surface area is 149 Å². The van der Waals surface area contributed by atoms with Crippen molar-refractivity contribution in [1.82, 2.24) is 0 Å². The summed E-state index contributed by atoms with van der Waals surface area (Å²) in [5.41, 5.74) is 1.29. The maximum Gasteiger partial charge on any atom is 0.282 e. The first-order chi connectivity index (χ1) is 12.0. The van der Waals surface area contributed by atoms with Gasteiger partial charge in [-0.3, -0.25) is 14.9 Å². The van der Waals surface area contributed by atoms with Gasteiger partial charge in [0, 0.05) is 29.8 Å². The Balaban J connectivity index is 1.89. The largest absolute Gasteiger partial charge is 0.489 e. The van der Waals surface area contributed by atoms with Crippen molar-refractivity contribution in [3.63, 3.8) is 0 Å². The Hall–Kier alpha value is -2.74. The highest BCUT2D eigenvalue weighted by Gasteiger charge is 2.22. The first-order valence-electron chi connectivity index (χ1n) is 7.61. The molecule has 2 aromatic carbocycles. The van der Waals surface area contributed by atoms with Crippen molar-refractivity contribution in [2.24, 2.45) is 0 Å². The standard InChI is InChI=1S/C17H17N3O4S/c1-19-7-8-24-16-9-11(3-5-15(16)19)18-17(21)13-10-12(25-2)4-6-14(13)20(22)23/h3-6,9-10H,7-8H2,1-2H3,(H,18,21). The number of rotatable bonds is 4. The fraction of sp³-hybridized carbons (Fsp3) is 0.235. The quantitative estimate of drug-likeness (QED) is 0.512. The minimum Gasteiger partial charge on any atom is -0.489 e. The number of carbonyl (C=O) groups excluding carboxylic acids is 1. The Kier molecular flexibility index (Phi) is 4.80. The van der Waals surface area contributed by atoms with Crippen molar-refractivity contribution in [1.29, 1.82) is 0 Å². The number of nitrogens with zero attached hydrogens (tertiary/aromatic N) is 2. The second kappa shape index (κ2) is 7.02. The third-order valence-electron chi connectivity index (χ3n) is 3.96. The summed E-state index contributed by atoms with van der Waals surface area (Å²) in [6.45, 7) is 1.37. The summed E-state index contributed by atoms with van der Waals surface area (Å²) in [5, 5.41) is 13.9. The number of hydrogen-bond acceptors (Lipinski definition) is 6. The molecule has 1 N–H and O–H groups in total. The van der Waals surface area contributed by atoms with E-state index < -0.39 is 10.8 Å². The lowest BCUT2D eigenvalue weighted by atomic mass is 10.1. The van der Waals surface area contributed by atoms with Crippen LogP contribution in [0.1, 0.15) is 10.4 Å². The fourth-order valence-electron chi connectivity index (χ4n) is 2.62. The summed E-state index contributed by atoms with van der Waals surface area (Å²) in [5.74, 6) is 0.158. The molecule has 7 nitrogen and oxygen atoms in total. The zero-order valence-corrected chi connectivity index (χ0v) is 14.6. The average molecular weight is 359 g/mol. The van der Waals surface area contributed by atoms with Gasteiger partial charge < -0.3 is 15.0 Å². The minimum absolute atomic E-state index is 0.0348. The molecule has 130 valence electrons. The number of hydrogen-bond donors (Lipinski definition) is 1. The van der Waals surface area contributed by atoms with Gasteiger partial charge in [-0.1, -0.05) is 0 Å². The second-order valence-electron chi connectivity index (χ2n) is 5.55. The Morgan fingerprint density at radius 1 is 1.32 bits per heavy atom. The van der Waals surface area contributed by atoms with E-state index in [9.17, 15) is 14.9 Å². The van der Waals surface area contributed by atoms with Crippen molar-refractivity contribution in [2.75, 3.05) is 36.7 Å². The number of ether oxygens (including phenoxy) is 1. The number of nitro groups is 1. The molecule has 0 atom stereocenters.